The number of carbonyl (C=O) groups is 1. The molecule has 0 amide bonds. The number of ketones is 1. The normalized spacial score (nSPS) is 28.4. The largest absolute Gasteiger partial charge is 0.348 e. The summed E-state index contributed by atoms with van der Waals surface area (Å²) >= 11 is 1.54. The quantitative estimate of drug-likeness (QED) is 0.740. The molecule has 4 heteroatoms. The Morgan fingerprint density at radius 2 is 2.12 bits per heavy atom. The van der Waals surface area contributed by atoms with E-state index >= 15 is 0 Å². The molecule has 2 aliphatic rings. The van der Waals surface area contributed by atoms with Crippen molar-refractivity contribution in [3.05, 3.63) is 11.1 Å². The number of rotatable bonds is 2. The number of hydrogen-bond acceptors (Lipinski definition) is 4. The Morgan fingerprint density at radius 3 is 2.69 bits per heavy atom. The molecule has 0 spiro atoms. The summed E-state index contributed by atoms with van der Waals surface area (Å²) in [6.07, 6.45) is 5.88. The Balaban J connectivity index is 1.76. The summed E-state index contributed by atoms with van der Waals surface area (Å²) < 4.78 is 0. The van der Waals surface area contributed by atoms with Crippen molar-refractivity contribution < 1.29 is 4.79 Å². The molecule has 3 rings (SSSR count). The summed E-state index contributed by atoms with van der Waals surface area (Å²) in [5.74, 6) is 1.89. The Hall–Kier alpha value is -0.900. The van der Waals surface area contributed by atoms with E-state index in [4.69, 9.17) is 0 Å². The lowest BCUT2D eigenvalue weighted by molar-refractivity contribution is 0.102. The van der Waals surface area contributed by atoms with Gasteiger partial charge in [-0.25, -0.2) is 4.98 Å². The Kier molecular flexibility index (Phi) is 2.46. The first-order valence-electron chi connectivity index (χ1n) is 5.96. The van der Waals surface area contributed by atoms with Crippen LogP contribution >= 0.6 is 11.3 Å². The topological polar surface area (TPSA) is 33.2 Å². The first-order valence-corrected chi connectivity index (χ1v) is 6.77. The lowest BCUT2D eigenvalue weighted by Crippen LogP contribution is -2.20. The second-order valence-electron chi connectivity index (χ2n) is 4.92. The van der Waals surface area contributed by atoms with Crippen molar-refractivity contribution in [2.24, 2.45) is 11.8 Å². The summed E-state index contributed by atoms with van der Waals surface area (Å²) in [5.41, 5.74) is 0. The van der Waals surface area contributed by atoms with Crippen LogP contribution in [0.25, 0.3) is 0 Å². The molecule has 2 unspecified atom stereocenters. The second kappa shape index (κ2) is 3.84. The van der Waals surface area contributed by atoms with Crippen molar-refractivity contribution in [1.29, 1.82) is 0 Å². The summed E-state index contributed by atoms with van der Waals surface area (Å²) in [6.45, 7) is 3.90. The van der Waals surface area contributed by atoms with Crippen LogP contribution in [0.5, 0.6) is 0 Å². The van der Waals surface area contributed by atoms with Gasteiger partial charge in [0.2, 0.25) is 0 Å². The number of aromatic nitrogens is 1. The van der Waals surface area contributed by atoms with E-state index in [1.165, 1.54) is 19.3 Å². The molecule has 16 heavy (non-hydrogen) atoms. The van der Waals surface area contributed by atoms with Crippen molar-refractivity contribution in [3.8, 4) is 0 Å². The molecule has 1 saturated heterocycles. The molecule has 2 fully saturated rings. The Bertz CT molecular complexity index is 403. The summed E-state index contributed by atoms with van der Waals surface area (Å²) in [4.78, 5) is 18.7. The number of nitrogens with zero attached hydrogens (tertiary/aromatic N) is 2. The lowest BCUT2D eigenvalue weighted by Gasteiger charge is -2.15. The number of thiazole rings is 1. The van der Waals surface area contributed by atoms with Crippen molar-refractivity contribution >= 4 is 22.3 Å². The van der Waals surface area contributed by atoms with E-state index in [2.05, 4.69) is 9.88 Å². The molecule has 0 radical (unpaired) electrons. The van der Waals surface area contributed by atoms with Gasteiger partial charge in [0.15, 0.2) is 10.9 Å². The minimum Gasteiger partial charge on any atom is -0.348 e. The van der Waals surface area contributed by atoms with E-state index in [1.807, 2.05) is 0 Å². The maximum absolute atomic E-state index is 11.2. The van der Waals surface area contributed by atoms with Crippen molar-refractivity contribution in [3.63, 3.8) is 0 Å². The molecule has 2 heterocycles. The molecule has 1 saturated carbocycles. The molecule has 1 aromatic heterocycles. The van der Waals surface area contributed by atoms with Crippen LogP contribution in [-0.4, -0.2) is 23.9 Å². The van der Waals surface area contributed by atoms with Gasteiger partial charge < -0.3 is 4.90 Å². The molecule has 3 nitrogen and oxygen atoms in total. The third-order valence-corrected chi connectivity index (χ3v) is 5.00. The lowest BCUT2D eigenvalue weighted by atomic mass is 10.0. The third kappa shape index (κ3) is 1.65. The average Bonchev–Trinajstić information content (AvgIpc) is 2.91. The van der Waals surface area contributed by atoms with Crippen molar-refractivity contribution in [2.45, 2.75) is 26.2 Å². The first kappa shape index (κ1) is 10.3. The van der Waals surface area contributed by atoms with Gasteiger partial charge in [0.1, 0.15) is 0 Å². The highest BCUT2D eigenvalue weighted by Crippen LogP contribution is 2.40. The zero-order chi connectivity index (χ0) is 11.1. The van der Waals surface area contributed by atoms with Crippen LogP contribution < -0.4 is 4.90 Å². The van der Waals surface area contributed by atoms with Gasteiger partial charge in [-0.1, -0.05) is 17.8 Å². The maximum atomic E-state index is 11.2. The molecule has 1 aliphatic carbocycles. The monoisotopic (exact) mass is 236 g/mol. The van der Waals surface area contributed by atoms with Crippen LogP contribution in [0, 0.1) is 11.8 Å². The molecule has 2 atom stereocenters. The Morgan fingerprint density at radius 1 is 1.44 bits per heavy atom. The molecular weight excluding hydrogens is 220 g/mol. The first-order chi connectivity index (χ1) is 7.74. The second-order valence-corrected chi connectivity index (χ2v) is 5.93. The summed E-state index contributed by atoms with van der Waals surface area (Å²) in [6, 6.07) is 0. The summed E-state index contributed by atoms with van der Waals surface area (Å²) in [5, 5.41) is 1.04. The molecule has 0 N–H and O–H groups in total. The van der Waals surface area contributed by atoms with Crippen LogP contribution in [0.4, 0.5) is 5.13 Å². The van der Waals surface area contributed by atoms with Crippen LogP contribution in [0.1, 0.15) is 35.9 Å². The Labute approximate surface area is 99.5 Å². The maximum Gasteiger partial charge on any atom is 0.185 e. The fraction of sp³-hybridized carbons (Fsp3) is 0.667. The fourth-order valence-electron chi connectivity index (χ4n) is 2.97. The van der Waals surface area contributed by atoms with Crippen LogP contribution in [0.2, 0.25) is 0 Å². The zero-order valence-electron chi connectivity index (χ0n) is 9.48. The number of anilines is 1. The van der Waals surface area contributed by atoms with E-state index in [1.54, 1.807) is 24.5 Å². The fourth-order valence-corrected chi connectivity index (χ4v) is 3.79. The van der Waals surface area contributed by atoms with Gasteiger partial charge in [0.25, 0.3) is 0 Å². The smallest absolute Gasteiger partial charge is 0.185 e. The van der Waals surface area contributed by atoms with Crippen LogP contribution in [0.3, 0.4) is 0 Å². The molecule has 0 bridgehead atoms. The molecule has 0 aromatic carbocycles. The van der Waals surface area contributed by atoms with Crippen molar-refractivity contribution in [1.82, 2.24) is 4.98 Å². The van der Waals surface area contributed by atoms with Gasteiger partial charge >= 0.3 is 0 Å². The van der Waals surface area contributed by atoms with E-state index in [0.29, 0.717) is 0 Å². The molecule has 1 aliphatic heterocycles. The number of carbonyl (C=O) groups excluding carboxylic acids is 1. The van der Waals surface area contributed by atoms with Gasteiger partial charge in [-0.15, -0.1) is 0 Å². The highest BCUT2D eigenvalue weighted by molar-refractivity contribution is 7.17. The average molecular weight is 236 g/mol. The molecule has 1 aromatic rings. The van der Waals surface area contributed by atoms with E-state index in [9.17, 15) is 4.79 Å². The minimum absolute atomic E-state index is 0.128. The van der Waals surface area contributed by atoms with Gasteiger partial charge in [-0.2, -0.15) is 0 Å². The van der Waals surface area contributed by atoms with E-state index < -0.39 is 0 Å². The highest BCUT2D eigenvalue weighted by Gasteiger charge is 2.36. The SMILES string of the molecule is CC(=O)c1cnc(N2CC3CCCC3C2)s1. The van der Waals surface area contributed by atoms with Gasteiger partial charge in [-0.3, -0.25) is 4.79 Å². The van der Waals surface area contributed by atoms with Gasteiger partial charge in [-0.05, 0) is 24.7 Å². The molecule has 86 valence electrons. The standard InChI is InChI=1S/C12H16N2OS/c1-8(15)11-5-13-12(16-11)14-6-9-3-2-4-10(9)7-14/h5,9-10H,2-4,6-7H2,1H3. The highest BCUT2D eigenvalue weighted by atomic mass is 32.1. The summed E-state index contributed by atoms with van der Waals surface area (Å²) in [7, 11) is 0. The minimum atomic E-state index is 0.128. The zero-order valence-corrected chi connectivity index (χ0v) is 10.3. The van der Waals surface area contributed by atoms with Crippen LogP contribution in [0.15, 0.2) is 6.20 Å². The van der Waals surface area contributed by atoms with E-state index in [-0.39, 0.29) is 5.78 Å². The van der Waals surface area contributed by atoms with E-state index in [0.717, 1.165) is 34.9 Å². The predicted octanol–water partition coefficient (Wildman–Crippen LogP) is 2.58. The molecular formula is C12H16N2OS. The predicted molar refractivity (Wildman–Crippen MR) is 65.2 cm³/mol. The van der Waals surface area contributed by atoms with Crippen molar-refractivity contribution in [2.75, 3.05) is 18.0 Å². The van der Waals surface area contributed by atoms with Crippen LogP contribution in [-0.2, 0) is 0 Å². The van der Waals surface area contributed by atoms with Gasteiger partial charge in [0, 0.05) is 20.0 Å². The third-order valence-electron chi connectivity index (χ3n) is 3.84. The number of hydrogen-bond donors (Lipinski definition) is 0. The number of Topliss-reactive ketones (excluding diaryl/α,β-unsaturated/α-hetero) is 1. The number of fused-ring (bicyclic) bond motifs is 1. The van der Waals surface area contributed by atoms with Gasteiger partial charge in [0.05, 0.1) is 11.1 Å².